The predicted molar refractivity (Wildman–Crippen MR) is 82.1 cm³/mol. The maximum atomic E-state index is 12.2. The van der Waals surface area contributed by atoms with E-state index in [2.05, 4.69) is 6.07 Å². The normalized spacial score (nSPS) is 25.5. The van der Waals surface area contributed by atoms with Gasteiger partial charge in [-0.25, -0.2) is 0 Å². The number of benzene rings is 1. The number of rotatable bonds is 2. The molecular formula is C17H20N2O4. The summed E-state index contributed by atoms with van der Waals surface area (Å²) in [5.74, 6) is 0.984. The third kappa shape index (κ3) is 2.41. The van der Waals surface area contributed by atoms with Crippen LogP contribution >= 0.6 is 0 Å². The Labute approximate surface area is 135 Å². The number of amides is 1. The van der Waals surface area contributed by atoms with Crippen molar-refractivity contribution in [3.8, 4) is 17.6 Å². The van der Waals surface area contributed by atoms with Crippen LogP contribution in [0.1, 0.15) is 43.9 Å². The number of aliphatic hydroxyl groups excluding tert-OH is 1. The van der Waals surface area contributed by atoms with Crippen molar-refractivity contribution in [3.63, 3.8) is 0 Å². The second-order valence-electron chi connectivity index (χ2n) is 6.49. The molecular weight excluding hydrogens is 296 g/mol. The van der Waals surface area contributed by atoms with Gasteiger partial charge >= 0.3 is 0 Å². The quantitative estimate of drug-likeness (QED) is 0.899. The first-order valence-electron chi connectivity index (χ1n) is 7.67. The molecule has 1 fully saturated rings. The summed E-state index contributed by atoms with van der Waals surface area (Å²) in [6.07, 6.45) is 0.387. The van der Waals surface area contributed by atoms with Crippen molar-refractivity contribution in [2.45, 2.75) is 44.4 Å². The highest BCUT2D eigenvalue weighted by atomic mass is 16.5. The van der Waals surface area contributed by atoms with Gasteiger partial charge in [0, 0.05) is 24.6 Å². The lowest BCUT2D eigenvalue weighted by molar-refractivity contribution is -0.139. The first-order chi connectivity index (χ1) is 10.9. The molecule has 0 radical (unpaired) electrons. The second-order valence-corrected chi connectivity index (χ2v) is 6.49. The van der Waals surface area contributed by atoms with E-state index < -0.39 is 17.7 Å². The largest absolute Gasteiger partial charge is 0.495 e. The highest BCUT2D eigenvalue weighted by molar-refractivity contribution is 5.79. The van der Waals surface area contributed by atoms with Crippen LogP contribution in [0.5, 0.6) is 11.5 Å². The van der Waals surface area contributed by atoms with Gasteiger partial charge in [-0.05, 0) is 26.3 Å². The number of nitriles is 1. The lowest BCUT2D eigenvalue weighted by Gasteiger charge is -2.45. The molecule has 1 aromatic carbocycles. The van der Waals surface area contributed by atoms with E-state index in [4.69, 9.17) is 9.47 Å². The number of aliphatic hydroxyl groups is 1. The van der Waals surface area contributed by atoms with E-state index in [-0.39, 0.29) is 5.91 Å². The van der Waals surface area contributed by atoms with Gasteiger partial charge in [0.15, 0.2) is 0 Å². The molecule has 0 aromatic heterocycles. The number of likely N-dealkylation sites (tertiary alicyclic amines) is 1. The number of carbonyl (C=O) groups excluding carboxylic acids is 1. The van der Waals surface area contributed by atoms with Crippen molar-refractivity contribution in [1.29, 1.82) is 5.26 Å². The molecule has 1 amide bonds. The molecule has 6 nitrogen and oxygen atoms in total. The van der Waals surface area contributed by atoms with Gasteiger partial charge in [0.05, 0.1) is 18.7 Å². The van der Waals surface area contributed by atoms with Crippen LogP contribution in [-0.2, 0) is 4.79 Å². The monoisotopic (exact) mass is 316 g/mol. The van der Waals surface area contributed by atoms with Crippen LogP contribution in [0.3, 0.4) is 0 Å². The maximum Gasteiger partial charge on any atom is 0.223 e. The Morgan fingerprint density at radius 2 is 2.22 bits per heavy atom. The standard InChI is InChI=1S/C17H20N2O4/c1-17(2)16(21)15(19-6-4-5-14(19)20)11-7-10(9-18)12(22-3)8-13(11)23-17/h7-8,15-16,21H,4-6H2,1-3H3/t15-,16+/m0/s1. The summed E-state index contributed by atoms with van der Waals surface area (Å²) in [6.45, 7) is 4.18. The fourth-order valence-corrected chi connectivity index (χ4v) is 3.35. The molecule has 122 valence electrons. The van der Waals surface area contributed by atoms with Gasteiger partial charge in [-0.15, -0.1) is 0 Å². The molecule has 1 N–H and O–H groups in total. The zero-order valence-electron chi connectivity index (χ0n) is 13.5. The van der Waals surface area contributed by atoms with E-state index in [0.29, 0.717) is 35.6 Å². The average molecular weight is 316 g/mol. The van der Waals surface area contributed by atoms with Gasteiger partial charge < -0.3 is 19.5 Å². The second kappa shape index (κ2) is 5.43. The number of carbonyl (C=O) groups is 1. The van der Waals surface area contributed by atoms with E-state index >= 15 is 0 Å². The molecule has 0 spiro atoms. The third-order valence-electron chi connectivity index (χ3n) is 4.60. The Balaban J connectivity index is 2.16. The number of nitrogens with zero attached hydrogens (tertiary/aromatic N) is 2. The van der Waals surface area contributed by atoms with Gasteiger partial charge in [-0.3, -0.25) is 4.79 Å². The summed E-state index contributed by atoms with van der Waals surface area (Å²) in [4.78, 5) is 13.9. The van der Waals surface area contributed by atoms with Gasteiger partial charge in [0.1, 0.15) is 29.3 Å². The van der Waals surface area contributed by atoms with E-state index in [9.17, 15) is 15.2 Å². The Kier molecular flexibility index (Phi) is 3.69. The molecule has 2 atom stereocenters. The smallest absolute Gasteiger partial charge is 0.223 e. The number of fused-ring (bicyclic) bond motifs is 1. The van der Waals surface area contributed by atoms with E-state index in [1.165, 1.54) is 7.11 Å². The van der Waals surface area contributed by atoms with Crippen LogP contribution in [0, 0.1) is 11.3 Å². The van der Waals surface area contributed by atoms with Gasteiger partial charge in [-0.2, -0.15) is 5.26 Å². The third-order valence-corrected chi connectivity index (χ3v) is 4.60. The summed E-state index contributed by atoms with van der Waals surface area (Å²) in [7, 11) is 1.49. The van der Waals surface area contributed by atoms with E-state index in [0.717, 1.165) is 6.42 Å². The minimum absolute atomic E-state index is 0.0204. The summed E-state index contributed by atoms with van der Waals surface area (Å²) in [5, 5.41) is 20.1. The minimum Gasteiger partial charge on any atom is -0.495 e. The Bertz CT molecular complexity index is 693. The molecule has 0 unspecified atom stereocenters. The first-order valence-corrected chi connectivity index (χ1v) is 7.67. The van der Waals surface area contributed by atoms with Crippen molar-refractivity contribution in [1.82, 2.24) is 4.90 Å². The predicted octanol–water partition coefficient (Wildman–Crippen LogP) is 1.76. The summed E-state index contributed by atoms with van der Waals surface area (Å²) in [6, 6.07) is 4.89. The highest BCUT2D eigenvalue weighted by Crippen LogP contribution is 2.46. The maximum absolute atomic E-state index is 12.2. The molecule has 2 aliphatic heterocycles. The zero-order valence-corrected chi connectivity index (χ0v) is 13.5. The number of ether oxygens (including phenoxy) is 2. The number of hydrogen-bond donors (Lipinski definition) is 1. The van der Waals surface area contributed by atoms with Gasteiger partial charge in [0.25, 0.3) is 0 Å². The fourth-order valence-electron chi connectivity index (χ4n) is 3.35. The van der Waals surface area contributed by atoms with Crippen LogP contribution < -0.4 is 9.47 Å². The Morgan fingerprint density at radius 1 is 1.48 bits per heavy atom. The average Bonchev–Trinajstić information content (AvgIpc) is 2.93. The molecule has 23 heavy (non-hydrogen) atoms. The Hall–Kier alpha value is -2.26. The van der Waals surface area contributed by atoms with Gasteiger partial charge in [0.2, 0.25) is 5.91 Å². The summed E-state index contributed by atoms with van der Waals surface area (Å²) >= 11 is 0. The highest BCUT2D eigenvalue weighted by Gasteiger charge is 2.47. The molecule has 0 saturated carbocycles. The van der Waals surface area contributed by atoms with Crippen LogP contribution in [0.4, 0.5) is 0 Å². The molecule has 1 aromatic rings. The van der Waals surface area contributed by atoms with Gasteiger partial charge in [-0.1, -0.05) is 0 Å². The van der Waals surface area contributed by atoms with Crippen molar-refractivity contribution < 1.29 is 19.4 Å². The number of methoxy groups -OCH3 is 1. The molecule has 2 aliphatic rings. The molecule has 2 heterocycles. The molecule has 1 saturated heterocycles. The summed E-state index contributed by atoms with van der Waals surface area (Å²) < 4.78 is 11.2. The van der Waals surface area contributed by atoms with E-state index in [1.807, 2.05) is 0 Å². The van der Waals surface area contributed by atoms with Crippen LogP contribution in [0.2, 0.25) is 0 Å². The molecule has 3 rings (SSSR count). The lowest BCUT2D eigenvalue weighted by Crippen LogP contribution is -2.53. The Morgan fingerprint density at radius 3 is 2.78 bits per heavy atom. The zero-order chi connectivity index (χ0) is 16.8. The number of hydrogen-bond acceptors (Lipinski definition) is 5. The summed E-state index contributed by atoms with van der Waals surface area (Å²) in [5.41, 5.74) is 0.169. The first kappa shape index (κ1) is 15.6. The van der Waals surface area contributed by atoms with Crippen LogP contribution in [0.25, 0.3) is 0 Å². The van der Waals surface area contributed by atoms with Crippen LogP contribution in [-0.4, -0.2) is 41.3 Å². The SMILES string of the molecule is COc1cc2c(cc1C#N)[C@H](N1CCCC1=O)[C@@H](O)C(C)(C)O2. The minimum atomic E-state index is -0.878. The van der Waals surface area contributed by atoms with Crippen LogP contribution in [0.15, 0.2) is 12.1 Å². The van der Waals surface area contributed by atoms with E-state index in [1.54, 1.807) is 30.9 Å². The lowest BCUT2D eigenvalue weighted by atomic mass is 9.85. The fraction of sp³-hybridized carbons (Fsp3) is 0.529. The van der Waals surface area contributed by atoms with Crippen molar-refractivity contribution in [2.75, 3.05) is 13.7 Å². The molecule has 0 aliphatic carbocycles. The molecule has 6 heteroatoms. The van der Waals surface area contributed by atoms with Crippen molar-refractivity contribution in [2.24, 2.45) is 0 Å². The van der Waals surface area contributed by atoms with Crippen molar-refractivity contribution >= 4 is 5.91 Å². The topological polar surface area (TPSA) is 82.8 Å². The molecule has 0 bridgehead atoms. The van der Waals surface area contributed by atoms with Crippen molar-refractivity contribution in [3.05, 3.63) is 23.3 Å².